The van der Waals surface area contributed by atoms with Crippen LogP contribution in [0.1, 0.15) is 51.4 Å². The molecule has 4 nitrogen and oxygen atoms in total. The fourth-order valence-corrected chi connectivity index (χ4v) is 3.13. The summed E-state index contributed by atoms with van der Waals surface area (Å²) in [5.41, 5.74) is 11.3. The topological polar surface area (TPSA) is 80.2 Å². The number of nitrogens with zero attached hydrogens (tertiary/aromatic N) is 2. The maximum atomic E-state index is 5.65. The first-order chi connectivity index (χ1) is 9.77. The van der Waals surface area contributed by atoms with Gasteiger partial charge >= 0.3 is 21.1 Å². The Morgan fingerprint density at radius 3 is 1.95 bits per heavy atom. The zero-order valence-electron chi connectivity index (χ0n) is 12.9. The molecule has 0 radical (unpaired) electrons. The van der Waals surface area contributed by atoms with Gasteiger partial charge in [0.25, 0.3) is 0 Å². The maximum absolute atomic E-state index is 5.65. The van der Waals surface area contributed by atoms with E-state index in [-0.39, 0.29) is 33.1 Å². The third-order valence-corrected chi connectivity index (χ3v) is 4.51. The summed E-state index contributed by atoms with van der Waals surface area (Å²) in [5.74, 6) is 0. The Bertz CT molecular complexity index is 282. The number of piperidine rings is 1. The molecule has 3 rings (SSSR count). The standard InChI is InChI=1S/C10H16N2.C6H14N2.Pt/c1-3-7-11-9(5-1)10-6-2-4-8-12-10;7-5-3-1-2-4-6(5)8;/h1,5,9-10H,2-4,6-8H2;5-6H,1-4,7-8H2;/q-2;;+2. The predicted octanol–water partition coefficient (Wildman–Crippen LogP) is 2.83. The summed E-state index contributed by atoms with van der Waals surface area (Å²) in [6.07, 6.45) is 14.3. The quantitative estimate of drug-likeness (QED) is 0.575. The monoisotopic (exact) mass is 473 g/mol. The molecule has 124 valence electrons. The average Bonchev–Trinajstić information content (AvgIpc) is 2.53. The molecule has 1 aliphatic carbocycles. The zero-order valence-corrected chi connectivity index (χ0v) is 15.2. The molecule has 0 aromatic heterocycles. The summed E-state index contributed by atoms with van der Waals surface area (Å²) in [5, 5.41) is 9.18. The Morgan fingerprint density at radius 2 is 1.48 bits per heavy atom. The Kier molecular flexibility index (Phi) is 10.0. The molecule has 2 fully saturated rings. The fraction of sp³-hybridized carbons (Fsp3) is 0.875. The fourth-order valence-electron chi connectivity index (χ4n) is 3.13. The van der Waals surface area contributed by atoms with E-state index in [2.05, 4.69) is 22.8 Å². The van der Waals surface area contributed by atoms with Crippen LogP contribution in [-0.4, -0.2) is 37.3 Å². The third-order valence-electron chi connectivity index (χ3n) is 4.51. The van der Waals surface area contributed by atoms with E-state index in [0.29, 0.717) is 12.1 Å². The van der Waals surface area contributed by atoms with Crippen molar-refractivity contribution in [2.75, 3.05) is 13.1 Å². The van der Waals surface area contributed by atoms with Crippen molar-refractivity contribution in [1.29, 1.82) is 0 Å². The van der Waals surface area contributed by atoms with Crippen LogP contribution in [0.3, 0.4) is 0 Å². The molecule has 5 heteroatoms. The van der Waals surface area contributed by atoms with Crippen LogP contribution in [0.2, 0.25) is 0 Å². The minimum Gasteiger partial charge on any atom is -0.660 e. The molecular formula is C16H30N4Pt. The minimum absolute atomic E-state index is 0. The van der Waals surface area contributed by atoms with Crippen molar-refractivity contribution in [2.24, 2.45) is 11.5 Å². The Balaban J connectivity index is 0.000000216. The van der Waals surface area contributed by atoms with Gasteiger partial charge < -0.3 is 22.1 Å². The van der Waals surface area contributed by atoms with E-state index in [4.69, 9.17) is 11.5 Å². The molecule has 4 N–H and O–H groups in total. The molecule has 0 aromatic carbocycles. The number of nitrogens with two attached hydrogens (primary N) is 2. The van der Waals surface area contributed by atoms with E-state index in [0.717, 1.165) is 32.4 Å². The summed E-state index contributed by atoms with van der Waals surface area (Å²) >= 11 is 0. The molecule has 2 heterocycles. The van der Waals surface area contributed by atoms with Crippen molar-refractivity contribution in [3.63, 3.8) is 0 Å². The van der Waals surface area contributed by atoms with Gasteiger partial charge in [0, 0.05) is 12.1 Å². The van der Waals surface area contributed by atoms with E-state index in [1.165, 1.54) is 32.1 Å². The van der Waals surface area contributed by atoms with Gasteiger partial charge in [-0.15, -0.1) is 31.2 Å². The summed E-state index contributed by atoms with van der Waals surface area (Å²) in [4.78, 5) is 0. The Hall–Kier alpha value is 0.268. The van der Waals surface area contributed by atoms with Crippen LogP contribution >= 0.6 is 0 Å². The Labute approximate surface area is 144 Å². The van der Waals surface area contributed by atoms with Gasteiger partial charge in [0.1, 0.15) is 0 Å². The van der Waals surface area contributed by atoms with Crippen LogP contribution in [0, 0.1) is 0 Å². The smallest absolute Gasteiger partial charge is 0.660 e. The molecule has 0 amide bonds. The molecule has 4 atom stereocenters. The van der Waals surface area contributed by atoms with E-state index >= 15 is 0 Å². The van der Waals surface area contributed by atoms with Crippen molar-refractivity contribution >= 4 is 0 Å². The van der Waals surface area contributed by atoms with E-state index in [1.807, 2.05) is 0 Å². The van der Waals surface area contributed by atoms with Gasteiger partial charge in [-0.05, 0) is 12.8 Å². The number of rotatable bonds is 1. The second kappa shape index (κ2) is 10.9. The SMILES string of the molecule is C1=CC(C2CCCC[N-]2)[N-]CC1.NC1CCCCC1N.[Pt+2]. The van der Waals surface area contributed by atoms with Gasteiger partial charge in [0.15, 0.2) is 0 Å². The molecule has 2 aliphatic heterocycles. The van der Waals surface area contributed by atoms with E-state index < -0.39 is 0 Å². The van der Waals surface area contributed by atoms with Crippen LogP contribution in [0.4, 0.5) is 0 Å². The van der Waals surface area contributed by atoms with E-state index in [1.54, 1.807) is 0 Å². The normalized spacial score (nSPS) is 36.1. The first kappa shape index (κ1) is 19.3. The van der Waals surface area contributed by atoms with Crippen molar-refractivity contribution in [2.45, 2.75) is 75.5 Å². The summed E-state index contributed by atoms with van der Waals surface area (Å²) in [6.45, 7) is 2.07. The Morgan fingerprint density at radius 1 is 0.810 bits per heavy atom. The van der Waals surface area contributed by atoms with Gasteiger partial charge in [0.2, 0.25) is 0 Å². The first-order valence-corrected chi connectivity index (χ1v) is 8.28. The predicted molar refractivity (Wildman–Crippen MR) is 86.1 cm³/mol. The van der Waals surface area contributed by atoms with Gasteiger partial charge in [-0.3, -0.25) is 0 Å². The molecule has 0 aromatic rings. The number of hydrogen-bond acceptors (Lipinski definition) is 2. The van der Waals surface area contributed by atoms with Gasteiger partial charge in [-0.2, -0.15) is 0 Å². The van der Waals surface area contributed by atoms with Crippen molar-refractivity contribution in [3.05, 3.63) is 22.8 Å². The van der Waals surface area contributed by atoms with Crippen LogP contribution in [0.15, 0.2) is 12.2 Å². The molecule has 0 spiro atoms. The van der Waals surface area contributed by atoms with Crippen molar-refractivity contribution in [3.8, 4) is 0 Å². The first-order valence-electron chi connectivity index (χ1n) is 8.28. The largest absolute Gasteiger partial charge is 2.00 e. The summed E-state index contributed by atoms with van der Waals surface area (Å²) in [7, 11) is 0. The molecule has 0 bridgehead atoms. The van der Waals surface area contributed by atoms with Gasteiger partial charge in [-0.1, -0.05) is 44.6 Å². The van der Waals surface area contributed by atoms with Crippen LogP contribution in [-0.2, 0) is 21.1 Å². The molecule has 21 heavy (non-hydrogen) atoms. The maximum Gasteiger partial charge on any atom is 2.00 e. The van der Waals surface area contributed by atoms with Crippen LogP contribution < -0.4 is 11.5 Å². The third kappa shape index (κ3) is 6.92. The minimum atomic E-state index is 0. The van der Waals surface area contributed by atoms with Gasteiger partial charge in [-0.25, -0.2) is 0 Å². The summed E-state index contributed by atoms with van der Waals surface area (Å²) in [6, 6.07) is 1.49. The van der Waals surface area contributed by atoms with Crippen molar-refractivity contribution in [1.82, 2.24) is 0 Å². The number of hydrogen-bond donors (Lipinski definition) is 2. The molecule has 4 unspecified atom stereocenters. The second-order valence-electron chi connectivity index (χ2n) is 6.20. The van der Waals surface area contributed by atoms with E-state index in [9.17, 15) is 0 Å². The average molecular weight is 474 g/mol. The zero-order chi connectivity index (χ0) is 14.2. The molecule has 1 saturated carbocycles. The molecule has 1 saturated heterocycles. The van der Waals surface area contributed by atoms with Crippen LogP contribution in [0.25, 0.3) is 10.6 Å². The van der Waals surface area contributed by atoms with Gasteiger partial charge in [0.05, 0.1) is 0 Å². The molecule has 3 aliphatic rings. The second-order valence-corrected chi connectivity index (χ2v) is 6.20. The van der Waals surface area contributed by atoms with Crippen molar-refractivity contribution < 1.29 is 21.1 Å². The van der Waals surface area contributed by atoms with Crippen LogP contribution in [0.5, 0.6) is 0 Å². The molecular weight excluding hydrogens is 443 g/mol. The summed E-state index contributed by atoms with van der Waals surface area (Å²) < 4.78 is 0.